The lowest BCUT2D eigenvalue weighted by atomic mass is 10.0. The minimum absolute atomic E-state index is 0.0435. The van der Waals surface area contributed by atoms with Crippen LogP contribution in [0.1, 0.15) is 24.8 Å². The highest BCUT2D eigenvalue weighted by Gasteiger charge is 2.28. The van der Waals surface area contributed by atoms with Gasteiger partial charge in [0.15, 0.2) is 5.84 Å². The molecule has 0 aliphatic heterocycles. The summed E-state index contributed by atoms with van der Waals surface area (Å²) in [5.41, 5.74) is 8.01. The van der Waals surface area contributed by atoms with Crippen molar-refractivity contribution in [1.82, 2.24) is 9.79 Å². The molecular formula is C18H22N4O5S2. The second kappa shape index (κ2) is 10.3. The Morgan fingerprint density at radius 1 is 1.31 bits per heavy atom. The van der Waals surface area contributed by atoms with Gasteiger partial charge in [0.25, 0.3) is 0 Å². The number of rotatable bonds is 9. The van der Waals surface area contributed by atoms with Crippen LogP contribution in [-0.4, -0.2) is 52.8 Å². The topological polar surface area (TPSA) is 145 Å². The summed E-state index contributed by atoms with van der Waals surface area (Å²) in [6.07, 6.45) is 6.34. The molecule has 0 unspecified atom stereocenters. The summed E-state index contributed by atoms with van der Waals surface area (Å²) in [5, 5.41) is 20.6. The molecule has 1 aromatic carbocycles. The van der Waals surface area contributed by atoms with E-state index in [1.54, 1.807) is 6.07 Å². The van der Waals surface area contributed by atoms with E-state index in [1.807, 2.05) is 18.2 Å². The van der Waals surface area contributed by atoms with Crippen LogP contribution in [0.5, 0.6) is 0 Å². The van der Waals surface area contributed by atoms with E-state index in [-0.39, 0.29) is 35.8 Å². The van der Waals surface area contributed by atoms with Crippen molar-refractivity contribution in [3.05, 3.63) is 53.6 Å². The summed E-state index contributed by atoms with van der Waals surface area (Å²) in [5.74, 6) is -1.07. The molecule has 0 fully saturated rings. The molecule has 0 spiro atoms. The highest BCUT2D eigenvalue weighted by molar-refractivity contribution is 7.89. The Bertz CT molecular complexity index is 970. The molecule has 2 rings (SSSR count). The monoisotopic (exact) mass is 438 g/mol. The molecule has 1 aliphatic rings. The number of hydrogen-bond donors (Lipinski definition) is 4. The summed E-state index contributed by atoms with van der Waals surface area (Å²) in [4.78, 5) is 12.0. The summed E-state index contributed by atoms with van der Waals surface area (Å²) in [7, 11) is -4.10. The summed E-state index contributed by atoms with van der Waals surface area (Å²) in [6.45, 7) is -0.111. The Morgan fingerprint density at radius 3 is 2.69 bits per heavy atom. The molecule has 1 aliphatic carbocycles. The SMILES string of the molecule is NC(=NO)c1ccccc1S(=O)(=O)N(CCC(=O)NO)CCC1=CC=CCC1=S. The van der Waals surface area contributed by atoms with E-state index in [0.717, 1.165) is 14.7 Å². The number of carbonyl (C=O) groups excluding carboxylic acids is 1. The Balaban J connectivity index is 2.36. The van der Waals surface area contributed by atoms with Crippen LogP contribution < -0.4 is 11.2 Å². The number of carbonyl (C=O) groups is 1. The smallest absolute Gasteiger partial charge is 0.244 e. The van der Waals surface area contributed by atoms with E-state index in [2.05, 4.69) is 5.16 Å². The average molecular weight is 439 g/mol. The first-order chi connectivity index (χ1) is 13.8. The number of oxime groups is 1. The van der Waals surface area contributed by atoms with Gasteiger partial charge in [-0.2, -0.15) is 4.31 Å². The van der Waals surface area contributed by atoms with Crippen LogP contribution in [0.3, 0.4) is 0 Å². The number of nitrogens with two attached hydrogens (primary N) is 1. The summed E-state index contributed by atoms with van der Waals surface area (Å²) >= 11 is 5.32. The Hall–Kier alpha value is -2.60. The Kier molecular flexibility index (Phi) is 8.02. The Labute approximate surface area is 174 Å². The van der Waals surface area contributed by atoms with Crippen molar-refractivity contribution in [2.75, 3.05) is 13.1 Å². The molecule has 0 radical (unpaired) electrons. The van der Waals surface area contributed by atoms with Gasteiger partial charge in [0.05, 0.1) is 4.90 Å². The lowest BCUT2D eigenvalue weighted by molar-refractivity contribution is -0.129. The molecule has 5 N–H and O–H groups in total. The lowest BCUT2D eigenvalue weighted by Crippen LogP contribution is -2.37. The number of thiocarbonyl (C=S) groups is 1. The molecule has 0 heterocycles. The molecule has 9 nitrogen and oxygen atoms in total. The Morgan fingerprint density at radius 2 is 2.03 bits per heavy atom. The van der Waals surface area contributed by atoms with Gasteiger partial charge in [0.1, 0.15) is 0 Å². The third-order valence-electron chi connectivity index (χ3n) is 4.33. The fourth-order valence-corrected chi connectivity index (χ4v) is 4.69. The highest BCUT2D eigenvalue weighted by Crippen LogP contribution is 2.23. The predicted octanol–water partition coefficient (Wildman–Crippen LogP) is 1.31. The maximum absolute atomic E-state index is 13.3. The quantitative estimate of drug-likeness (QED) is 0.114. The number of hydrogen-bond acceptors (Lipinski definition) is 7. The summed E-state index contributed by atoms with van der Waals surface area (Å²) < 4.78 is 27.7. The van der Waals surface area contributed by atoms with Crippen molar-refractivity contribution < 1.29 is 23.6 Å². The van der Waals surface area contributed by atoms with Gasteiger partial charge in [0, 0.05) is 36.4 Å². The normalized spacial score (nSPS) is 14.8. The molecule has 156 valence electrons. The number of amides is 1. The van der Waals surface area contributed by atoms with Crippen molar-refractivity contribution in [1.29, 1.82) is 0 Å². The van der Waals surface area contributed by atoms with Crippen LogP contribution in [-0.2, 0) is 14.8 Å². The minimum atomic E-state index is -4.10. The third-order valence-corrected chi connectivity index (χ3v) is 6.71. The van der Waals surface area contributed by atoms with Crippen molar-refractivity contribution in [2.45, 2.75) is 24.2 Å². The van der Waals surface area contributed by atoms with Crippen molar-refractivity contribution in [2.24, 2.45) is 10.9 Å². The lowest BCUT2D eigenvalue weighted by Gasteiger charge is -2.24. The molecule has 1 aromatic rings. The first kappa shape index (κ1) is 22.7. The molecule has 11 heteroatoms. The zero-order valence-electron chi connectivity index (χ0n) is 15.5. The minimum Gasteiger partial charge on any atom is -0.409 e. The van der Waals surface area contributed by atoms with Gasteiger partial charge in [-0.15, -0.1) is 0 Å². The standard InChI is InChI=1S/C18H22N4O5S2/c19-18(21-25)14-6-2-4-8-16(14)29(26,27)22(12-10-17(23)20-24)11-9-13-5-1-3-7-15(13)28/h1-6,8,24-25H,7,9-12H2,(H2,19,21)(H,20,23). The molecule has 0 atom stereocenters. The number of sulfonamides is 1. The van der Waals surface area contributed by atoms with E-state index in [1.165, 1.54) is 23.7 Å². The first-order valence-electron chi connectivity index (χ1n) is 8.70. The maximum atomic E-state index is 13.3. The zero-order chi connectivity index (χ0) is 21.4. The van der Waals surface area contributed by atoms with Crippen LogP contribution >= 0.6 is 12.2 Å². The fourth-order valence-electron chi connectivity index (χ4n) is 2.78. The number of hydroxylamine groups is 1. The molecule has 0 bridgehead atoms. The third kappa shape index (κ3) is 5.70. The molecule has 1 amide bonds. The molecule has 0 saturated carbocycles. The van der Waals surface area contributed by atoms with Gasteiger partial charge in [-0.05, 0) is 24.1 Å². The molecular weight excluding hydrogens is 416 g/mol. The summed E-state index contributed by atoms with van der Waals surface area (Å²) in [6, 6.07) is 5.84. The molecule has 0 aromatic heterocycles. The highest BCUT2D eigenvalue weighted by atomic mass is 32.2. The van der Waals surface area contributed by atoms with E-state index >= 15 is 0 Å². The number of nitrogens with zero attached hydrogens (tertiary/aromatic N) is 2. The zero-order valence-corrected chi connectivity index (χ0v) is 17.1. The van der Waals surface area contributed by atoms with Crippen molar-refractivity contribution in [3.8, 4) is 0 Å². The number of nitrogens with one attached hydrogen (secondary N) is 1. The second-order valence-corrected chi connectivity index (χ2v) is 8.57. The van der Waals surface area contributed by atoms with Gasteiger partial charge in [-0.1, -0.05) is 47.7 Å². The van der Waals surface area contributed by atoms with Gasteiger partial charge >= 0.3 is 0 Å². The van der Waals surface area contributed by atoms with Gasteiger partial charge in [-0.3, -0.25) is 10.0 Å². The van der Waals surface area contributed by atoms with Crippen LogP contribution in [0, 0.1) is 0 Å². The predicted molar refractivity (Wildman–Crippen MR) is 111 cm³/mol. The van der Waals surface area contributed by atoms with E-state index in [4.69, 9.17) is 28.4 Å². The van der Waals surface area contributed by atoms with Crippen LogP contribution in [0.25, 0.3) is 0 Å². The number of benzene rings is 1. The van der Waals surface area contributed by atoms with E-state index in [0.29, 0.717) is 12.8 Å². The van der Waals surface area contributed by atoms with Crippen LogP contribution in [0.2, 0.25) is 0 Å². The molecule has 0 saturated heterocycles. The van der Waals surface area contributed by atoms with Gasteiger partial charge in [0.2, 0.25) is 15.9 Å². The van der Waals surface area contributed by atoms with E-state index in [9.17, 15) is 13.2 Å². The largest absolute Gasteiger partial charge is 0.409 e. The molecule has 29 heavy (non-hydrogen) atoms. The van der Waals surface area contributed by atoms with Crippen molar-refractivity contribution >= 4 is 38.8 Å². The van der Waals surface area contributed by atoms with Crippen LogP contribution in [0.15, 0.2) is 58.1 Å². The van der Waals surface area contributed by atoms with Crippen molar-refractivity contribution in [3.63, 3.8) is 0 Å². The maximum Gasteiger partial charge on any atom is 0.244 e. The van der Waals surface area contributed by atoms with E-state index < -0.39 is 15.9 Å². The van der Waals surface area contributed by atoms with Gasteiger partial charge in [-0.25, -0.2) is 13.9 Å². The van der Waals surface area contributed by atoms with Crippen LogP contribution in [0.4, 0.5) is 0 Å². The number of allylic oxidation sites excluding steroid dienone is 3. The average Bonchev–Trinajstić information content (AvgIpc) is 2.73. The first-order valence-corrected chi connectivity index (χ1v) is 10.5. The fraction of sp³-hybridized carbons (Fsp3) is 0.278. The van der Waals surface area contributed by atoms with Gasteiger partial charge < -0.3 is 10.9 Å². The second-order valence-electron chi connectivity index (χ2n) is 6.17. The number of amidine groups is 1.